The van der Waals surface area contributed by atoms with E-state index in [1.165, 1.54) is 4.90 Å². The second kappa shape index (κ2) is 7.21. The first-order valence-electron chi connectivity index (χ1n) is 9.23. The van der Waals surface area contributed by atoms with Gasteiger partial charge in [0, 0.05) is 12.6 Å². The van der Waals surface area contributed by atoms with E-state index in [1.807, 2.05) is 30.3 Å². The Labute approximate surface area is 159 Å². The number of rotatable bonds is 3. The lowest BCUT2D eigenvalue weighted by Gasteiger charge is -2.37. The number of alkyl carbamates (subject to hydrolysis) is 1. The molecule has 1 heterocycles. The zero-order valence-electron chi connectivity index (χ0n) is 16.0. The van der Waals surface area contributed by atoms with Gasteiger partial charge in [-0.25, -0.2) is 14.5 Å². The summed E-state index contributed by atoms with van der Waals surface area (Å²) in [5.74, 6) is -0.267. The fourth-order valence-electron chi connectivity index (χ4n) is 3.36. The van der Waals surface area contributed by atoms with Gasteiger partial charge in [0.15, 0.2) is 0 Å². The average Bonchev–Trinajstić information content (AvgIpc) is 3.39. The smallest absolute Gasteiger partial charge is 0.417 e. The van der Waals surface area contributed by atoms with E-state index in [9.17, 15) is 14.4 Å². The lowest BCUT2D eigenvalue weighted by atomic mass is 9.88. The Bertz CT molecular complexity index is 722. The molecular formula is C20H26N2O5. The van der Waals surface area contributed by atoms with Crippen molar-refractivity contribution in [2.24, 2.45) is 5.41 Å². The normalized spacial score (nSPS) is 20.9. The van der Waals surface area contributed by atoms with Gasteiger partial charge in [-0.1, -0.05) is 30.3 Å². The van der Waals surface area contributed by atoms with Gasteiger partial charge in [0.2, 0.25) is 5.91 Å². The quantitative estimate of drug-likeness (QED) is 0.878. The summed E-state index contributed by atoms with van der Waals surface area (Å²) in [5.41, 5.74) is -0.477. The minimum absolute atomic E-state index is 0.171. The number of carbonyl (C=O) groups excluding carboxylic acids is 3. The Morgan fingerprint density at radius 1 is 1.22 bits per heavy atom. The molecule has 1 aromatic rings. The molecule has 27 heavy (non-hydrogen) atoms. The van der Waals surface area contributed by atoms with Gasteiger partial charge in [-0.15, -0.1) is 0 Å². The van der Waals surface area contributed by atoms with Gasteiger partial charge in [0.1, 0.15) is 12.2 Å². The van der Waals surface area contributed by atoms with E-state index in [2.05, 4.69) is 5.32 Å². The van der Waals surface area contributed by atoms with Crippen LogP contribution in [0, 0.1) is 5.41 Å². The van der Waals surface area contributed by atoms with Gasteiger partial charge >= 0.3 is 12.2 Å². The van der Waals surface area contributed by atoms with Crippen molar-refractivity contribution in [1.82, 2.24) is 10.2 Å². The van der Waals surface area contributed by atoms with Gasteiger partial charge in [-0.3, -0.25) is 4.79 Å². The molecule has 7 nitrogen and oxygen atoms in total. The largest absolute Gasteiger partial charge is 0.445 e. The Balaban J connectivity index is 1.57. The highest BCUT2D eigenvalue weighted by molar-refractivity contribution is 5.98. The van der Waals surface area contributed by atoms with Crippen LogP contribution in [0.1, 0.15) is 45.6 Å². The van der Waals surface area contributed by atoms with E-state index in [0.717, 1.165) is 5.56 Å². The minimum Gasteiger partial charge on any atom is -0.445 e. The maximum absolute atomic E-state index is 12.8. The Morgan fingerprint density at radius 2 is 1.89 bits per heavy atom. The molecule has 1 saturated heterocycles. The zero-order chi connectivity index (χ0) is 19.7. The summed E-state index contributed by atoms with van der Waals surface area (Å²) in [4.78, 5) is 38.5. The topological polar surface area (TPSA) is 84.9 Å². The number of piperidine rings is 1. The van der Waals surface area contributed by atoms with Crippen molar-refractivity contribution >= 4 is 18.1 Å². The van der Waals surface area contributed by atoms with Crippen LogP contribution in [-0.4, -0.2) is 41.2 Å². The van der Waals surface area contributed by atoms with Crippen LogP contribution in [0.3, 0.4) is 0 Å². The number of carbonyl (C=O) groups is 3. The number of nitrogens with zero attached hydrogens (tertiary/aromatic N) is 1. The molecule has 1 saturated carbocycles. The summed E-state index contributed by atoms with van der Waals surface area (Å²) in [6, 6.07) is 9.07. The van der Waals surface area contributed by atoms with E-state index in [4.69, 9.17) is 9.47 Å². The first-order valence-corrected chi connectivity index (χ1v) is 9.23. The van der Waals surface area contributed by atoms with Crippen molar-refractivity contribution in [1.29, 1.82) is 0 Å². The molecule has 7 heteroatoms. The first-order chi connectivity index (χ1) is 12.7. The van der Waals surface area contributed by atoms with Gasteiger partial charge in [0.05, 0.1) is 5.41 Å². The van der Waals surface area contributed by atoms with E-state index < -0.39 is 23.2 Å². The predicted molar refractivity (Wildman–Crippen MR) is 97.8 cm³/mol. The molecule has 2 fully saturated rings. The maximum Gasteiger partial charge on any atom is 0.417 e. The third kappa shape index (κ3) is 4.40. The number of benzene rings is 1. The molecule has 1 N–H and O–H groups in total. The lowest BCUT2D eigenvalue weighted by Crippen LogP contribution is -2.57. The van der Waals surface area contributed by atoms with Crippen LogP contribution >= 0.6 is 0 Å². The Morgan fingerprint density at radius 3 is 2.48 bits per heavy atom. The number of likely N-dealkylation sites (tertiary alicyclic amines) is 1. The molecule has 3 amide bonds. The van der Waals surface area contributed by atoms with Crippen LogP contribution in [0.2, 0.25) is 0 Å². The molecule has 1 aliphatic heterocycles. The summed E-state index contributed by atoms with van der Waals surface area (Å²) in [7, 11) is 0. The molecule has 0 radical (unpaired) electrons. The van der Waals surface area contributed by atoms with Crippen LogP contribution < -0.4 is 5.32 Å². The molecule has 1 atom stereocenters. The number of ether oxygens (including phenoxy) is 2. The fraction of sp³-hybridized carbons (Fsp3) is 0.550. The van der Waals surface area contributed by atoms with Crippen LogP contribution in [0.25, 0.3) is 0 Å². The van der Waals surface area contributed by atoms with Gasteiger partial charge in [-0.05, 0) is 45.6 Å². The fourth-order valence-corrected chi connectivity index (χ4v) is 3.36. The molecule has 146 valence electrons. The van der Waals surface area contributed by atoms with Gasteiger partial charge in [-0.2, -0.15) is 0 Å². The molecule has 1 aliphatic carbocycles. The third-order valence-electron chi connectivity index (χ3n) is 4.89. The van der Waals surface area contributed by atoms with Crippen LogP contribution in [-0.2, 0) is 20.9 Å². The van der Waals surface area contributed by atoms with E-state index in [1.54, 1.807) is 20.8 Å². The zero-order valence-corrected chi connectivity index (χ0v) is 16.0. The minimum atomic E-state index is -0.707. The van der Waals surface area contributed by atoms with Gasteiger partial charge in [0.25, 0.3) is 0 Å². The summed E-state index contributed by atoms with van der Waals surface area (Å²) in [6.45, 7) is 5.68. The van der Waals surface area contributed by atoms with Crippen molar-refractivity contribution in [2.45, 2.75) is 58.3 Å². The molecular weight excluding hydrogens is 348 g/mol. The molecule has 3 rings (SSSR count). The van der Waals surface area contributed by atoms with E-state index >= 15 is 0 Å². The van der Waals surface area contributed by atoms with Crippen LogP contribution in [0.5, 0.6) is 0 Å². The summed E-state index contributed by atoms with van der Waals surface area (Å²) in [6.07, 6.45) is 0.618. The summed E-state index contributed by atoms with van der Waals surface area (Å²) >= 11 is 0. The van der Waals surface area contributed by atoms with Crippen molar-refractivity contribution in [3.63, 3.8) is 0 Å². The second-order valence-electron chi connectivity index (χ2n) is 8.14. The number of nitrogens with one attached hydrogen (secondary N) is 1. The number of imide groups is 1. The Hall–Kier alpha value is -2.57. The van der Waals surface area contributed by atoms with Gasteiger partial charge < -0.3 is 14.8 Å². The van der Waals surface area contributed by atoms with Crippen molar-refractivity contribution in [2.75, 3.05) is 6.54 Å². The second-order valence-corrected chi connectivity index (χ2v) is 8.14. The van der Waals surface area contributed by atoms with E-state index in [-0.39, 0.29) is 25.1 Å². The SMILES string of the molecule is CC(C)(C)OC(=O)N1CCC(NC(=O)OCc2ccccc2)C2(CC2)C1=O. The van der Waals surface area contributed by atoms with E-state index in [0.29, 0.717) is 19.3 Å². The first kappa shape index (κ1) is 19.2. The molecule has 1 aromatic carbocycles. The molecule has 0 bridgehead atoms. The monoisotopic (exact) mass is 374 g/mol. The van der Waals surface area contributed by atoms with Crippen LogP contribution in [0.4, 0.5) is 9.59 Å². The number of amides is 3. The predicted octanol–water partition coefficient (Wildman–Crippen LogP) is 3.23. The standard InChI is InChI=1S/C20H26N2O5/c1-19(2,3)27-18(25)22-12-9-15(20(10-11-20)16(22)23)21-17(24)26-13-14-7-5-4-6-8-14/h4-8,15H,9-13H2,1-3H3,(H,21,24). The summed E-state index contributed by atoms with van der Waals surface area (Å²) in [5, 5.41) is 2.82. The van der Waals surface area contributed by atoms with Crippen molar-refractivity contribution in [3.8, 4) is 0 Å². The molecule has 1 unspecified atom stereocenters. The number of hydrogen-bond donors (Lipinski definition) is 1. The van der Waals surface area contributed by atoms with Crippen molar-refractivity contribution in [3.05, 3.63) is 35.9 Å². The lowest BCUT2D eigenvalue weighted by molar-refractivity contribution is -0.140. The number of hydrogen-bond acceptors (Lipinski definition) is 5. The molecule has 1 spiro atoms. The highest BCUT2D eigenvalue weighted by atomic mass is 16.6. The highest BCUT2D eigenvalue weighted by Crippen LogP contribution is 2.53. The van der Waals surface area contributed by atoms with Crippen molar-refractivity contribution < 1.29 is 23.9 Å². The Kier molecular flexibility index (Phi) is 5.13. The highest BCUT2D eigenvalue weighted by Gasteiger charge is 2.61. The summed E-state index contributed by atoms with van der Waals surface area (Å²) < 4.78 is 10.6. The molecule has 2 aliphatic rings. The molecule has 0 aromatic heterocycles. The maximum atomic E-state index is 12.8. The average molecular weight is 374 g/mol. The third-order valence-corrected chi connectivity index (χ3v) is 4.89. The van der Waals surface area contributed by atoms with Crippen LogP contribution in [0.15, 0.2) is 30.3 Å².